The van der Waals surface area contributed by atoms with Gasteiger partial charge in [-0.3, -0.25) is 0 Å². The van der Waals surface area contributed by atoms with E-state index in [-0.39, 0.29) is 0 Å². The smallest absolute Gasteiger partial charge is 0.00173 e. The lowest BCUT2D eigenvalue weighted by Crippen LogP contribution is -2.30. The molecule has 86 valence electrons. The number of nitrogens with one attached hydrogen (secondary N) is 1. The molecule has 2 aliphatic rings. The third-order valence-corrected chi connectivity index (χ3v) is 3.92. The maximum absolute atomic E-state index is 3.50. The van der Waals surface area contributed by atoms with Gasteiger partial charge in [-0.25, -0.2) is 0 Å². The molecular formula is C15H21N. The summed E-state index contributed by atoms with van der Waals surface area (Å²) >= 11 is 0. The first-order valence-corrected chi connectivity index (χ1v) is 6.71. The van der Waals surface area contributed by atoms with E-state index in [1.807, 2.05) is 0 Å². The summed E-state index contributed by atoms with van der Waals surface area (Å²) in [6, 6.07) is 9.31. The highest BCUT2D eigenvalue weighted by molar-refractivity contribution is 5.29. The first-order chi connectivity index (χ1) is 7.92. The van der Waals surface area contributed by atoms with Gasteiger partial charge in [0.15, 0.2) is 0 Å². The number of benzene rings is 1. The molecule has 1 atom stereocenters. The Hall–Kier alpha value is -0.820. The third kappa shape index (κ3) is 2.46. The van der Waals surface area contributed by atoms with Crippen molar-refractivity contribution in [1.82, 2.24) is 5.32 Å². The molecule has 0 spiro atoms. The fraction of sp³-hybridized carbons (Fsp3) is 0.600. The molecule has 1 saturated heterocycles. The molecule has 2 fully saturated rings. The van der Waals surface area contributed by atoms with E-state index < -0.39 is 0 Å². The second-order valence-corrected chi connectivity index (χ2v) is 5.44. The second kappa shape index (κ2) is 4.58. The molecule has 1 heterocycles. The molecule has 1 aliphatic carbocycles. The van der Waals surface area contributed by atoms with Crippen molar-refractivity contribution in [2.24, 2.45) is 5.92 Å². The van der Waals surface area contributed by atoms with Crippen LogP contribution in [-0.2, 0) is 6.42 Å². The molecule has 0 radical (unpaired) electrons. The van der Waals surface area contributed by atoms with Crippen molar-refractivity contribution in [1.29, 1.82) is 0 Å². The summed E-state index contributed by atoms with van der Waals surface area (Å²) in [6.45, 7) is 2.44. The maximum atomic E-state index is 3.50. The Morgan fingerprint density at radius 3 is 2.88 bits per heavy atom. The number of hydrogen-bond acceptors (Lipinski definition) is 1. The van der Waals surface area contributed by atoms with E-state index in [4.69, 9.17) is 0 Å². The Morgan fingerprint density at radius 1 is 1.19 bits per heavy atom. The van der Waals surface area contributed by atoms with E-state index in [1.54, 1.807) is 11.1 Å². The molecule has 1 aliphatic heterocycles. The van der Waals surface area contributed by atoms with Crippen LogP contribution in [0.1, 0.15) is 42.7 Å². The van der Waals surface area contributed by atoms with Crippen molar-refractivity contribution >= 4 is 0 Å². The Morgan fingerprint density at radius 2 is 2.12 bits per heavy atom. The monoisotopic (exact) mass is 215 g/mol. The molecule has 1 nitrogen and oxygen atoms in total. The normalized spacial score (nSPS) is 25.6. The lowest BCUT2D eigenvalue weighted by molar-refractivity contribution is 0.376. The van der Waals surface area contributed by atoms with Gasteiger partial charge in [0.05, 0.1) is 0 Å². The van der Waals surface area contributed by atoms with E-state index in [2.05, 4.69) is 29.6 Å². The van der Waals surface area contributed by atoms with Crippen LogP contribution in [0.4, 0.5) is 0 Å². The number of rotatable bonds is 3. The average Bonchev–Trinajstić information content (AvgIpc) is 3.15. The van der Waals surface area contributed by atoms with Gasteiger partial charge in [0.2, 0.25) is 0 Å². The van der Waals surface area contributed by atoms with Crippen molar-refractivity contribution in [2.45, 2.75) is 38.0 Å². The molecule has 1 N–H and O–H groups in total. The van der Waals surface area contributed by atoms with Crippen LogP contribution in [0.2, 0.25) is 0 Å². The Labute approximate surface area is 98.3 Å². The van der Waals surface area contributed by atoms with Gasteiger partial charge in [-0.2, -0.15) is 0 Å². The molecule has 16 heavy (non-hydrogen) atoms. The average molecular weight is 215 g/mol. The van der Waals surface area contributed by atoms with Crippen molar-refractivity contribution in [3.05, 3.63) is 35.4 Å². The van der Waals surface area contributed by atoms with E-state index in [9.17, 15) is 0 Å². The van der Waals surface area contributed by atoms with Gasteiger partial charge < -0.3 is 5.32 Å². The Kier molecular flexibility index (Phi) is 2.96. The summed E-state index contributed by atoms with van der Waals surface area (Å²) in [7, 11) is 0. The van der Waals surface area contributed by atoms with Crippen molar-refractivity contribution in [2.75, 3.05) is 13.1 Å². The lowest BCUT2D eigenvalue weighted by Gasteiger charge is -2.22. The van der Waals surface area contributed by atoms with Crippen LogP contribution in [0.25, 0.3) is 0 Å². The largest absolute Gasteiger partial charge is 0.316 e. The molecule has 0 aromatic heterocycles. The fourth-order valence-electron chi connectivity index (χ4n) is 2.82. The summed E-state index contributed by atoms with van der Waals surface area (Å²) in [5.41, 5.74) is 3.14. The third-order valence-electron chi connectivity index (χ3n) is 3.92. The highest BCUT2D eigenvalue weighted by Crippen LogP contribution is 2.40. The van der Waals surface area contributed by atoms with E-state index in [0.29, 0.717) is 0 Å². The van der Waals surface area contributed by atoms with E-state index in [1.165, 1.54) is 45.2 Å². The highest BCUT2D eigenvalue weighted by Gasteiger charge is 2.23. The molecule has 3 rings (SSSR count). The molecule has 1 unspecified atom stereocenters. The molecular weight excluding hydrogens is 194 g/mol. The molecule has 1 aromatic carbocycles. The van der Waals surface area contributed by atoms with Gasteiger partial charge in [-0.05, 0) is 68.2 Å². The van der Waals surface area contributed by atoms with E-state index >= 15 is 0 Å². The molecule has 1 heteroatoms. The van der Waals surface area contributed by atoms with Crippen LogP contribution in [0, 0.1) is 5.92 Å². The predicted octanol–water partition coefficient (Wildman–Crippen LogP) is 3.11. The molecule has 0 bridgehead atoms. The predicted molar refractivity (Wildman–Crippen MR) is 67.7 cm³/mol. The zero-order valence-electron chi connectivity index (χ0n) is 9.91. The molecule has 0 amide bonds. The molecule has 1 aromatic rings. The number of piperidine rings is 1. The topological polar surface area (TPSA) is 12.0 Å². The summed E-state index contributed by atoms with van der Waals surface area (Å²) in [4.78, 5) is 0. The summed E-state index contributed by atoms with van der Waals surface area (Å²) in [6.07, 6.45) is 6.85. The van der Waals surface area contributed by atoms with Crippen LogP contribution < -0.4 is 5.32 Å². The van der Waals surface area contributed by atoms with Gasteiger partial charge in [-0.15, -0.1) is 0 Å². The van der Waals surface area contributed by atoms with Crippen molar-refractivity contribution in [3.8, 4) is 0 Å². The van der Waals surface area contributed by atoms with Crippen LogP contribution in [0.3, 0.4) is 0 Å². The Bertz CT molecular complexity index is 348. The van der Waals surface area contributed by atoms with Crippen LogP contribution in [-0.4, -0.2) is 13.1 Å². The maximum Gasteiger partial charge on any atom is -0.00173 e. The minimum atomic E-state index is 0.864. The van der Waals surface area contributed by atoms with Crippen molar-refractivity contribution in [3.63, 3.8) is 0 Å². The number of hydrogen-bond donors (Lipinski definition) is 1. The zero-order valence-corrected chi connectivity index (χ0v) is 9.91. The summed E-state index contributed by atoms with van der Waals surface area (Å²) < 4.78 is 0. The van der Waals surface area contributed by atoms with Gasteiger partial charge in [0.25, 0.3) is 0 Å². The van der Waals surface area contributed by atoms with Gasteiger partial charge in [0, 0.05) is 0 Å². The highest BCUT2D eigenvalue weighted by atomic mass is 14.9. The minimum Gasteiger partial charge on any atom is -0.316 e. The van der Waals surface area contributed by atoms with Gasteiger partial charge in [0.1, 0.15) is 0 Å². The summed E-state index contributed by atoms with van der Waals surface area (Å²) in [5, 5.41) is 3.50. The van der Waals surface area contributed by atoms with E-state index in [0.717, 1.165) is 11.8 Å². The second-order valence-electron chi connectivity index (χ2n) is 5.44. The first-order valence-electron chi connectivity index (χ1n) is 6.71. The zero-order chi connectivity index (χ0) is 10.8. The quantitative estimate of drug-likeness (QED) is 0.817. The first kappa shape index (κ1) is 10.3. The SMILES string of the molecule is c1cc(CC2CCCNC2)cc(C2CC2)c1. The fourth-order valence-corrected chi connectivity index (χ4v) is 2.82. The molecule has 1 saturated carbocycles. The van der Waals surface area contributed by atoms with Crippen LogP contribution >= 0.6 is 0 Å². The van der Waals surface area contributed by atoms with Gasteiger partial charge in [-0.1, -0.05) is 24.3 Å². The van der Waals surface area contributed by atoms with Crippen LogP contribution in [0.5, 0.6) is 0 Å². The lowest BCUT2D eigenvalue weighted by atomic mass is 9.91. The van der Waals surface area contributed by atoms with Crippen LogP contribution in [0.15, 0.2) is 24.3 Å². The standard InChI is InChI=1S/C15H21N/c1-3-12(9-13-4-2-8-16-11-13)10-15(5-1)14-6-7-14/h1,3,5,10,13-14,16H,2,4,6-9,11H2. The van der Waals surface area contributed by atoms with Crippen molar-refractivity contribution < 1.29 is 0 Å². The summed E-state index contributed by atoms with van der Waals surface area (Å²) in [5.74, 6) is 1.76. The minimum absolute atomic E-state index is 0.864. The Balaban J connectivity index is 1.66. The van der Waals surface area contributed by atoms with Gasteiger partial charge >= 0.3 is 0 Å².